The maximum Gasteiger partial charge on any atom is 0.0836 e. The Morgan fingerprint density at radius 3 is 2.56 bits per heavy atom. The lowest BCUT2D eigenvalue weighted by Gasteiger charge is -2.07. The first kappa shape index (κ1) is 11.5. The highest BCUT2D eigenvalue weighted by Crippen LogP contribution is 2.27. The number of nitrogens with two attached hydrogens (primary N) is 1. The van der Waals surface area contributed by atoms with Crippen LogP contribution in [0.25, 0.3) is 5.69 Å². The third-order valence-electron chi connectivity index (χ3n) is 2.40. The maximum absolute atomic E-state index is 6.14. The molecule has 1 aromatic carbocycles. The summed E-state index contributed by atoms with van der Waals surface area (Å²) in [5, 5.41) is 5.01. The molecule has 0 aliphatic carbocycles. The Morgan fingerprint density at radius 1 is 1.38 bits per heavy atom. The second-order valence-corrected chi connectivity index (χ2v) is 4.81. The fraction of sp³-hybridized carbons (Fsp3) is 0.182. The fourth-order valence-electron chi connectivity index (χ4n) is 1.55. The summed E-state index contributed by atoms with van der Waals surface area (Å²) in [6, 6.07) is 5.40. The lowest BCUT2D eigenvalue weighted by atomic mass is 10.3. The molecule has 0 radical (unpaired) electrons. The van der Waals surface area contributed by atoms with Crippen LogP contribution in [0, 0.1) is 13.8 Å². The van der Waals surface area contributed by atoms with Gasteiger partial charge in [-0.25, -0.2) is 4.68 Å². The SMILES string of the molecule is Cc1nn(-c2ccc(N)cc2Cl)c(C)c1Br. The van der Waals surface area contributed by atoms with Gasteiger partial charge in [0.25, 0.3) is 0 Å². The zero-order chi connectivity index (χ0) is 11.9. The zero-order valence-electron chi connectivity index (χ0n) is 8.96. The van der Waals surface area contributed by atoms with Crippen molar-refractivity contribution in [1.29, 1.82) is 0 Å². The Hall–Kier alpha value is -1.000. The van der Waals surface area contributed by atoms with Gasteiger partial charge in [0, 0.05) is 5.69 Å². The number of anilines is 1. The van der Waals surface area contributed by atoms with Crippen molar-refractivity contribution in [3.05, 3.63) is 39.1 Å². The summed E-state index contributed by atoms with van der Waals surface area (Å²) in [6.45, 7) is 3.93. The van der Waals surface area contributed by atoms with Gasteiger partial charge >= 0.3 is 0 Å². The van der Waals surface area contributed by atoms with Crippen molar-refractivity contribution in [2.24, 2.45) is 0 Å². The molecule has 2 aromatic rings. The van der Waals surface area contributed by atoms with Gasteiger partial charge in [0.05, 0.1) is 26.6 Å². The standard InChI is InChI=1S/C11H11BrClN3/c1-6-11(12)7(2)16(15-6)10-4-3-8(14)5-9(10)13/h3-5H,14H2,1-2H3. The number of aryl methyl sites for hydroxylation is 1. The van der Waals surface area contributed by atoms with Crippen LogP contribution in [0.3, 0.4) is 0 Å². The topological polar surface area (TPSA) is 43.8 Å². The summed E-state index contributed by atoms with van der Waals surface area (Å²) in [5.74, 6) is 0. The van der Waals surface area contributed by atoms with E-state index in [4.69, 9.17) is 17.3 Å². The summed E-state index contributed by atoms with van der Waals surface area (Å²) in [5.41, 5.74) is 9.09. The molecule has 0 amide bonds. The van der Waals surface area contributed by atoms with Gasteiger partial charge in [-0.1, -0.05) is 11.6 Å². The van der Waals surface area contributed by atoms with Crippen molar-refractivity contribution in [3.8, 4) is 5.69 Å². The quantitative estimate of drug-likeness (QED) is 0.819. The highest BCUT2D eigenvalue weighted by molar-refractivity contribution is 9.10. The first-order chi connectivity index (χ1) is 7.50. The Morgan fingerprint density at radius 2 is 2.06 bits per heavy atom. The molecule has 0 saturated heterocycles. The van der Waals surface area contributed by atoms with E-state index in [-0.39, 0.29) is 0 Å². The third-order valence-corrected chi connectivity index (χ3v) is 3.85. The summed E-state index contributed by atoms with van der Waals surface area (Å²) in [7, 11) is 0. The average molecular weight is 301 g/mol. The summed E-state index contributed by atoms with van der Waals surface area (Å²) in [4.78, 5) is 0. The fourth-order valence-corrected chi connectivity index (χ4v) is 2.07. The Balaban J connectivity index is 2.63. The number of hydrogen-bond acceptors (Lipinski definition) is 2. The van der Waals surface area contributed by atoms with Crippen molar-refractivity contribution in [1.82, 2.24) is 9.78 Å². The number of hydrogen-bond donors (Lipinski definition) is 1. The molecule has 0 unspecified atom stereocenters. The molecule has 0 aliphatic rings. The van der Waals surface area contributed by atoms with Crippen molar-refractivity contribution >= 4 is 33.2 Å². The van der Waals surface area contributed by atoms with Gasteiger partial charge in [-0.15, -0.1) is 0 Å². The van der Waals surface area contributed by atoms with Crippen LogP contribution >= 0.6 is 27.5 Å². The van der Waals surface area contributed by atoms with Gasteiger partial charge in [-0.2, -0.15) is 5.10 Å². The Kier molecular flexibility index (Phi) is 2.95. The average Bonchev–Trinajstić information content (AvgIpc) is 2.46. The van der Waals surface area contributed by atoms with Crippen LogP contribution in [0.1, 0.15) is 11.4 Å². The van der Waals surface area contributed by atoms with Crippen LogP contribution in [0.4, 0.5) is 5.69 Å². The lowest BCUT2D eigenvalue weighted by molar-refractivity contribution is 0.834. The maximum atomic E-state index is 6.14. The van der Waals surface area contributed by atoms with Crippen LogP contribution in [0.2, 0.25) is 5.02 Å². The molecule has 2 rings (SSSR count). The van der Waals surface area contributed by atoms with Crippen LogP contribution in [-0.2, 0) is 0 Å². The van der Waals surface area contributed by atoms with E-state index in [0.717, 1.165) is 21.5 Å². The molecule has 0 fully saturated rings. The zero-order valence-corrected chi connectivity index (χ0v) is 11.3. The smallest absolute Gasteiger partial charge is 0.0836 e. The van der Waals surface area contributed by atoms with Gasteiger partial charge in [-0.3, -0.25) is 0 Å². The Bertz CT molecular complexity index is 548. The number of rotatable bonds is 1. The molecular weight excluding hydrogens is 289 g/mol. The van der Waals surface area contributed by atoms with Gasteiger partial charge in [-0.05, 0) is 48.0 Å². The van der Waals surface area contributed by atoms with Crippen molar-refractivity contribution in [3.63, 3.8) is 0 Å². The first-order valence-electron chi connectivity index (χ1n) is 4.78. The summed E-state index contributed by atoms with van der Waals surface area (Å²) in [6.07, 6.45) is 0. The number of nitrogen functional groups attached to an aromatic ring is 1. The van der Waals surface area contributed by atoms with Crippen LogP contribution in [0.5, 0.6) is 0 Å². The minimum absolute atomic E-state index is 0.595. The van der Waals surface area contributed by atoms with Gasteiger partial charge in [0.1, 0.15) is 0 Å². The molecule has 0 saturated carbocycles. The largest absolute Gasteiger partial charge is 0.399 e. The molecule has 1 heterocycles. The van der Waals surface area contributed by atoms with Gasteiger partial charge in [0.15, 0.2) is 0 Å². The van der Waals surface area contributed by atoms with E-state index in [0.29, 0.717) is 10.7 Å². The third kappa shape index (κ3) is 1.83. The number of halogens is 2. The predicted molar refractivity (Wildman–Crippen MR) is 70.2 cm³/mol. The second-order valence-electron chi connectivity index (χ2n) is 3.61. The Labute approximate surface area is 107 Å². The van der Waals surface area contributed by atoms with E-state index < -0.39 is 0 Å². The van der Waals surface area contributed by atoms with Gasteiger partial charge < -0.3 is 5.73 Å². The van der Waals surface area contributed by atoms with Crippen molar-refractivity contribution in [2.45, 2.75) is 13.8 Å². The normalized spacial score (nSPS) is 10.8. The van der Waals surface area contributed by atoms with E-state index in [1.165, 1.54) is 0 Å². The highest BCUT2D eigenvalue weighted by atomic mass is 79.9. The van der Waals surface area contributed by atoms with E-state index in [9.17, 15) is 0 Å². The molecule has 0 aliphatic heterocycles. The van der Waals surface area contributed by atoms with Gasteiger partial charge in [0.2, 0.25) is 0 Å². The molecule has 1 aromatic heterocycles. The summed E-state index contributed by atoms with van der Waals surface area (Å²) >= 11 is 9.63. The minimum Gasteiger partial charge on any atom is -0.399 e. The predicted octanol–water partition coefficient (Wildman–Crippen LogP) is 3.49. The monoisotopic (exact) mass is 299 g/mol. The van der Waals surface area contributed by atoms with E-state index in [1.54, 1.807) is 10.7 Å². The van der Waals surface area contributed by atoms with Crippen LogP contribution < -0.4 is 5.73 Å². The van der Waals surface area contributed by atoms with E-state index >= 15 is 0 Å². The lowest BCUT2D eigenvalue weighted by Crippen LogP contribution is -2.00. The summed E-state index contributed by atoms with van der Waals surface area (Å²) < 4.78 is 2.81. The minimum atomic E-state index is 0.595. The number of benzene rings is 1. The van der Waals surface area contributed by atoms with E-state index in [1.807, 2.05) is 26.0 Å². The molecule has 5 heteroatoms. The second kappa shape index (κ2) is 4.11. The molecular formula is C11H11BrClN3. The molecule has 2 N–H and O–H groups in total. The first-order valence-corrected chi connectivity index (χ1v) is 5.95. The number of aromatic nitrogens is 2. The molecule has 0 atom stereocenters. The molecule has 3 nitrogen and oxygen atoms in total. The molecule has 0 bridgehead atoms. The van der Waals surface area contributed by atoms with Crippen LogP contribution in [-0.4, -0.2) is 9.78 Å². The molecule has 16 heavy (non-hydrogen) atoms. The highest BCUT2D eigenvalue weighted by Gasteiger charge is 2.12. The van der Waals surface area contributed by atoms with E-state index in [2.05, 4.69) is 21.0 Å². The van der Waals surface area contributed by atoms with Crippen LogP contribution in [0.15, 0.2) is 22.7 Å². The number of nitrogens with zero attached hydrogens (tertiary/aromatic N) is 2. The molecule has 84 valence electrons. The van der Waals surface area contributed by atoms with Crippen molar-refractivity contribution < 1.29 is 0 Å². The van der Waals surface area contributed by atoms with Crippen molar-refractivity contribution in [2.75, 3.05) is 5.73 Å². The molecule has 0 spiro atoms.